The maximum atomic E-state index is 5.45. The Labute approximate surface area is 91.0 Å². The highest BCUT2D eigenvalue weighted by Gasteiger charge is 2.31. The van der Waals surface area contributed by atoms with Crippen LogP contribution in [0.1, 0.15) is 33.1 Å². The summed E-state index contributed by atoms with van der Waals surface area (Å²) in [5, 5.41) is 3.50. The molecule has 0 heterocycles. The molecule has 0 aromatic rings. The number of ether oxygens (including phenoxy) is 2. The van der Waals surface area contributed by atoms with Crippen LogP contribution in [0.4, 0.5) is 0 Å². The van der Waals surface area contributed by atoms with Crippen LogP contribution in [0.5, 0.6) is 0 Å². The highest BCUT2D eigenvalue weighted by atomic mass is 28.1. The highest BCUT2D eigenvalue weighted by molar-refractivity contribution is 6.14. The molecular formula is C10H25NO2Si. The zero-order valence-electron chi connectivity index (χ0n) is 10.2. The highest BCUT2D eigenvalue weighted by Crippen LogP contribution is 2.14. The fourth-order valence-corrected chi connectivity index (χ4v) is 2.13. The SMILES string of the molecule is CCCCNC(CC)C([SiH3])(OC)OC. The van der Waals surface area contributed by atoms with E-state index in [1.54, 1.807) is 14.2 Å². The Hall–Kier alpha value is 0.0969. The van der Waals surface area contributed by atoms with Gasteiger partial charge in [-0.1, -0.05) is 20.3 Å². The molecule has 0 radical (unpaired) electrons. The first-order valence-corrected chi connectivity index (χ1v) is 6.48. The van der Waals surface area contributed by atoms with E-state index in [1.807, 2.05) is 0 Å². The lowest BCUT2D eigenvalue weighted by atomic mass is 10.2. The van der Waals surface area contributed by atoms with E-state index in [0.717, 1.165) is 23.2 Å². The Balaban J connectivity index is 4.08. The van der Waals surface area contributed by atoms with Crippen molar-refractivity contribution in [1.29, 1.82) is 0 Å². The van der Waals surface area contributed by atoms with Crippen LogP contribution in [0.25, 0.3) is 0 Å². The van der Waals surface area contributed by atoms with Gasteiger partial charge in [0.25, 0.3) is 0 Å². The van der Waals surface area contributed by atoms with Gasteiger partial charge in [0.05, 0.1) is 16.3 Å². The maximum absolute atomic E-state index is 5.45. The van der Waals surface area contributed by atoms with Crippen LogP contribution in [-0.4, -0.2) is 42.5 Å². The van der Waals surface area contributed by atoms with Crippen molar-refractivity contribution in [3.63, 3.8) is 0 Å². The van der Waals surface area contributed by atoms with Crippen molar-refractivity contribution in [1.82, 2.24) is 5.32 Å². The zero-order valence-corrected chi connectivity index (χ0v) is 12.2. The van der Waals surface area contributed by atoms with Crippen LogP contribution in [-0.2, 0) is 9.47 Å². The number of hydrogen-bond donors (Lipinski definition) is 1. The third kappa shape index (κ3) is 4.08. The summed E-state index contributed by atoms with van der Waals surface area (Å²) >= 11 is 0. The summed E-state index contributed by atoms with van der Waals surface area (Å²) in [4.78, 5) is 0. The standard InChI is InChI=1S/C10H25NO2Si/c1-5-7-8-11-9(6-2)10(14,12-3)13-4/h9,11H,5-8H2,1-4,14H3. The second kappa shape index (κ2) is 7.40. The van der Waals surface area contributed by atoms with Crippen LogP contribution in [0.3, 0.4) is 0 Å². The Kier molecular flexibility index (Phi) is 7.45. The van der Waals surface area contributed by atoms with Gasteiger partial charge in [-0.25, -0.2) is 0 Å². The third-order valence-corrected chi connectivity index (χ3v) is 4.29. The molecule has 0 spiro atoms. The summed E-state index contributed by atoms with van der Waals surface area (Å²) in [7, 11) is 4.32. The van der Waals surface area contributed by atoms with Gasteiger partial charge in [0, 0.05) is 14.2 Å². The predicted molar refractivity (Wildman–Crippen MR) is 63.7 cm³/mol. The van der Waals surface area contributed by atoms with E-state index in [0.29, 0.717) is 6.04 Å². The first-order chi connectivity index (χ1) is 6.64. The molecular weight excluding hydrogens is 194 g/mol. The molecule has 1 atom stereocenters. The summed E-state index contributed by atoms with van der Waals surface area (Å²) in [5.41, 5.74) is -0.373. The van der Waals surface area contributed by atoms with Crippen molar-refractivity contribution in [2.24, 2.45) is 0 Å². The maximum Gasteiger partial charge on any atom is 0.155 e. The number of nitrogens with one attached hydrogen (secondary N) is 1. The molecule has 0 bridgehead atoms. The molecule has 1 unspecified atom stereocenters. The molecule has 0 saturated heterocycles. The van der Waals surface area contributed by atoms with Crippen LogP contribution in [0.2, 0.25) is 0 Å². The molecule has 0 aliphatic rings. The number of rotatable bonds is 8. The lowest BCUT2D eigenvalue weighted by Crippen LogP contribution is -2.54. The van der Waals surface area contributed by atoms with E-state index < -0.39 is 0 Å². The quantitative estimate of drug-likeness (QED) is 0.366. The van der Waals surface area contributed by atoms with E-state index in [1.165, 1.54) is 12.8 Å². The first-order valence-electron chi connectivity index (χ1n) is 5.48. The van der Waals surface area contributed by atoms with Gasteiger partial charge in [-0.15, -0.1) is 0 Å². The van der Waals surface area contributed by atoms with E-state index in [-0.39, 0.29) is 5.41 Å². The molecule has 0 aromatic carbocycles. The largest absolute Gasteiger partial charge is 0.356 e. The summed E-state index contributed by atoms with van der Waals surface area (Å²) < 4.78 is 10.9. The van der Waals surface area contributed by atoms with Crippen LogP contribution in [0, 0.1) is 0 Å². The number of methoxy groups -OCH3 is 2. The normalized spacial score (nSPS) is 14.6. The van der Waals surface area contributed by atoms with Gasteiger partial charge in [0.2, 0.25) is 0 Å². The molecule has 0 rings (SSSR count). The van der Waals surface area contributed by atoms with Crippen molar-refractivity contribution in [2.75, 3.05) is 20.8 Å². The van der Waals surface area contributed by atoms with Crippen molar-refractivity contribution >= 4 is 10.2 Å². The molecule has 0 aromatic heterocycles. The molecule has 86 valence electrons. The lowest BCUT2D eigenvalue weighted by Gasteiger charge is -2.35. The average Bonchev–Trinajstić information content (AvgIpc) is 2.23. The molecule has 4 heteroatoms. The van der Waals surface area contributed by atoms with E-state index in [2.05, 4.69) is 19.2 Å². The summed E-state index contributed by atoms with van der Waals surface area (Å²) in [6.45, 7) is 5.41. The van der Waals surface area contributed by atoms with Gasteiger partial charge in [-0.2, -0.15) is 0 Å². The van der Waals surface area contributed by atoms with Gasteiger partial charge >= 0.3 is 0 Å². The fraction of sp³-hybridized carbons (Fsp3) is 1.00. The van der Waals surface area contributed by atoms with Crippen molar-refractivity contribution in [3.8, 4) is 0 Å². The monoisotopic (exact) mass is 219 g/mol. The number of hydrogen-bond acceptors (Lipinski definition) is 3. The molecule has 0 saturated carbocycles. The van der Waals surface area contributed by atoms with Crippen LogP contribution >= 0.6 is 0 Å². The third-order valence-electron chi connectivity index (χ3n) is 2.77. The topological polar surface area (TPSA) is 30.5 Å². The van der Waals surface area contributed by atoms with Gasteiger partial charge in [0.15, 0.2) is 5.41 Å². The van der Waals surface area contributed by atoms with E-state index in [4.69, 9.17) is 9.47 Å². The second-order valence-electron chi connectivity index (χ2n) is 3.69. The smallest absolute Gasteiger partial charge is 0.155 e. The van der Waals surface area contributed by atoms with Crippen molar-refractivity contribution in [2.45, 2.75) is 44.6 Å². The molecule has 0 fully saturated rings. The molecule has 0 amide bonds. The summed E-state index contributed by atoms with van der Waals surface area (Å²) in [6, 6.07) is 0.315. The van der Waals surface area contributed by atoms with Gasteiger partial charge in [0.1, 0.15) is 0 Å². The lowest BCUT2D eigenvalue weighted by molar-refractivity contribution is -0.162. The number of unbranched alkanes of at least 4 members (excludes halogenated alkanes) is 1. The minimum Gasteiger partial charge on any atom is -0.356 e. The second-order valence-corrected chi connectivity index (χ2v) is 5.09. The summed E-state index contributed by atoms with van der Waals surface area (Å²) in [5.74, 6) is 0. The Bertz CT molecular complexity index is 140. The summed E-state index contributed by atoms with van der Waals surface area (Å²) in [6.07, 6.45) is 3.47. The molecule has 0 aliphatic heterocycles. The first kappa shape index (κ1) is 14.1. The predicted octanol–water partition coefficient (Wildman–Crippen LogP) is 0.467. The van der Waals surface area contributed by atoms with Gasteiger partial charge < -0.3 is 14.8 Å². The molecule has 3 nitrogen and oxygen atoms in total. The molecule has 0 aliphatic carbocycles. The Morgan fingerprint density at radius 3 is 2.21 bits per heavy atom. The molecule has 14 heavy (non-hydrogen) atoms. The average molecular weight is 219 g/mol. The Morgan fingerprint density at radius 1 is 1.29 bits per heavy atom. The van der Waals surface area contributed by atoms with Crippen molar-refractivity contribution < 1.29 is 9.47 Å². The van der Waals surface area contributed by atoms with Gasteiger partial charge in [-0.3, -0.25) is 0 Å². The molecule has 1 N–H and O–H groups in total. The zero-order chi connectivity index (χ0) is 11.0. The van der Waals surface area contributed by atoms with Gasteiger partial charge in [-0.05, 0) is 19.4 Å². The van der Waals surface area contributed by atoms with E-state index in [9.17, 15) is 0 Å². The van der Waals surface area contributed by atoms with Crippen molar-refractivity contribution in [3.05, 3.63) is 0 Å². The fourth-order valence-electron chi connectivity index (χ4n) is 1.52. The Morgan fingerprint density at radius 2 is 1.86 bits per heavy atom. The van der Waals surface area contributed by atoms with E-state index >= 15 is 0 Å². The van der Waals surface area contributed by atoms with Crippen LogP contribution in [0.15, 0.2) is 0 Å². The minimum atomic E-state index is -0.373. The minimum absolute atomic E-state index is 0.315. The van der Waals surface area contributed by atoms with Crippen LogP contribution < -0.4 is 5.32 Å².